The highest BCUT2D eigenvalue weighted by atomic mass is 14.9. The summed E-state index contributed by atoms with van der Waals surface area (Å²) in [6.07, 6.45) is 9.99. The Balaban J connectivity index is 1.91. The molecule has 0 unspecified atom stereocenters. The third-order valence-electron chi connectivity index (χ3n) is 3.19. The third-order valence-corrected chi connectivity index (χ3v) is 3.19. The van der Waals surface area contributed by atoms with Crippen molar-refractivity contribution < 1.29 is 0 Å². The molecule has 1 fully saturated rings. The number of pyridine rings is 1. The fourth-order valence-corrected chi connectivity index (χ4v) is 2.20. The summed E-state index contributed by atoms with van der Waals surface area (Å²) in [5.74, 6) is 1.36. The van der Waals surface area contributed by atoms with Gasteiger partial charge in [0, 0.05) is 18.3 Å². The molecule has 3 heteroatoms. The van der Waals surface area contributed by atoms with E-state index in [9.17, 15) is 0 Å². The number of amidine groups is 1. The standard InChI is InChI=1S/C13H19N3/c14-13(12-6-2-1-3-7-12)16-10-11-5-4-8-15-9-11/h4-5,8-9,12H,1-3,6-7,10H2,(H2,14,16). The van der Waals surface area contributed by atoms with Crippen molar-refractivity contribution in [1.29, 1.82) is 0 Å². The predicted molar refractivity (Wildman–Crippen MR) is 66.1 cm³/mol. The second kappa shape index (κ2) is 5.64. The lowest BCUT2D eigenvalue weighted by Gasteiger charge is -2.20. The Morgan fingerprint density at radius 1 is 1.38 bits per heavy atom. The molecule has 1 aliphatic rings. The first-order valence-electron chi connectivity index (χ1n) is 6.05. The van der Waals surface area contributed by atoms with Crippen molar-refractivity contribution in [2.24, 2.45) is 16.6 Å². The lowest BCUT2D eigenvalue weighted by Crippen LogP contribution is -2.25. The minimum absolute atomic E-state index is 0.519. The topological polar surface area (TPSA) is 51.3 Å². The molecule has 1 saturated carbocycles. The van der Waals surface area contributed by atoms with Gasteiger partial charge in [0.2, 0.25) is 0 Å². The Bertz CT molecular complexity index is 339. The molecule has 0 aliphatic heterocycles. The van der Waals surface area contributed by atoms with E-state index in [4.69, 9.17) is 5.73 Å². The molecule has 1 aromatic heterocycles. The van der Waals surface area contributed by atoms with Crippen LogP contribution in [0.3, 0.4) is 0 Å². The van der Waals surface area contributed by atoms with Gasteiger partial charge in [0.25, 0.3) is 0 Å². The number of nitrogens with two attached hydrogens (primary N) is 1. The van der Waals surface area contributed by atoms with Crippen LogP contribution in [-0.4, -0.2) is 10.8 Å². The lowest BCUT2D eigenvalue weighted by molar-refractivity contribution is 0.436. The van der Waals surface area contributed by atoms with E-state index in [1.165, 1.54) is 32.1 Å². The van der Waals surface area contributed by atoms with Crippen LogP contribution < -0.4 is 5.73 Å². The van der Waals surface area contributed by atoms with Gasteiger partial charge in [-0.15, -0.1) is 0 Å². The van der Waals surface area contributed by atoms with Gasteiger partial charge in [-0.2, -0.15) is 0 Å². The van der Waals surface area contributed by atoms with Crippen LogP contribution in [0.4, 0.5) is 0 Å². The maximum atomic E-state index is 6.03. The maximum absolute atomic E-state index is 6.03. The van der Waals surface area contributed by atoms with Crippen LogP contribution in [0.5, 0.6) is 0 Å². The van der Waals surface area contributed by atoms with Gasteiger partial charge in [-0.3, -0.25) is 9.98 Å². The number of hydrogen-bond acceptors (Lipinski definition) is 2. The van der Waals surface area contributed by atoms with Crippen LogP contribution in [0, 0.1) is 5.92 Å². The normalized spacial score (nSPS) is 18.6. The Hall–Kier alpha value is -1.38. The van der Waals surface area contributed by atoms with E-state index in [0.29, 0.717) is 12.5 Å². The molecule has 0 aromatic carbocycles. The second-order valence-electron chi connectivity index (χ2n) is 4.44. The number of aliphatic imine (C=N–C) groups is 1. The Kier molecular flexibility index (Phi) is 3.91. The molecular weight excluding hydrogens is 198 g/mol. The SMILES string of the molecule is NC(=NCc1cccnc1)C1CCCCC1. The minimum atomic E-state index is 0.519. The fraction of sp³-hybridized carbons (Fsp3) is 0.538. The van der Waals surface area contributed by atoms with Crippen molar-refractivity contribution >= 4 is 5.84 Å². The van der Waals surface area contributed by atoms with Crippen molar-refractivity contribution in [3.63, 3.8) is 0 Å². The zero-order valence-electron chi connectivity index (χ0n) is 9.60. The predicted octanol–water partition coefficient (Wildman–Crippen LogP) is 2.52. The van der Waals surface area contributed by atoms with Crippen LogP contribution in [0.1, 0.15) is 37.7 Å². The van der Waals surface area contributed by atoms with Crippen molar-refractivity contribution in [3.05, 3.63) is 30.1 Å². The van der Waals surface area contributed by atoms with Crippen molar-refractivity contribution in [1.82, 2.24) is 4.98 Å². The highest BCUT2D eigenvalue weighted by Gasteiger charge is 2.16. The zero-order chi connectivity index (χ0) is 11.2. The molecule has 2 N–H and O–H groups in total. The Labute approximate surface area is 96.8 Å². The van der Waals surface area contributed by atoms with E-state index in [1.807, 2.05) is 18.3 Å². The van der Waals surface area contributed by atoms with E-state index in [0.717, 1.165) is 11.4 Å². The van der Waals surface area contributed by atoms with Gasteiger partial charge in [-0.1, -0.05) is 25.3 Å². The van der Waals surface area contributed by atoms with Gasteiger partial charge in [-0.05, 0) is 24.5 Å². The summed E-state index contributed by atoms with van der Waals surface area (Å²) in [5.41, 5.74) is 7.15. The average molecular weight is 217 g/mol. The molecule has 3 nitrogen and oxygen atoms in total. The fourth-order valence-electron chi connectivity index (χ4n) is 2.20. The Morgan fingerprint density at radius 2 is 2.19 bits per heavy atom. The first-order chi connectivity index (χ1) is 7.86. The van der Waals surface area contributed by atoms with Crippen molar-refractivity contribution in [3.8, 4) is 0 Å². The van der Waals surface area contributed by atoms with Crippen LogP contribution in [0.2, 0.25) is 0 Å². The summed E-state index contributed by atoms with van der Waals surface area (Å²) in [6.45, 7) is 0.663. The van der Waals surface area contributed by atoms with E-state index >= 15 is 0 Å². The summed E-state index contributed by atoms with van der Waals surface area (Å²) < 4.78 is 0. The molecule has 0 bridgehead atoms. The second-order valence-corrected chi connectivity index (χ2v) is 4.44. The van der Waals surface area contributed by atoms with Crippen LogP contribution in [0.15, 0.2) is 29.5 Å². The van der Waals surface area contributed by atoms with E-state index in [1.54, 1.807) is 6.20 Å². The largest absolute Gasteiger partial charge is 0.387 e. The summed E-state index contributed by atoms with van der Waals surface area (Å²) in [4.78, 5) is 8.54. The number of aromatic nitrogens is 1. The molecule has 1 aliphatic carbocycles. The first kappa shape index (κ1) is 11.1. The van der Waals surface area contributed by atoms with E-state index in [2.05, 4.69) is 9.98 Å². The summed E-state index contributed by atoms with van der Waals surface area (Å²) >= 11 is 0. The molecule has 86 valence electrons. The molecule has 1 aromatic rings. The Morgan fingerprint density at radius 3 is 2.88 bits per heavy atom. The molecule has 0 radical (unpaired) electrons. The number of hydrogen-bond donors (Lipinski definition) is 1. The van der Waals surface area contributed by atoms with Crippen LogP contribution in [-0.2, 0) is 6.54 Å². The monoisotopic (exact) mass is 217 g/mol. The highest BCUT2D eigenvalue weighted by molar-refractivity contribution is 5.82. The lowest BCUT2D eigenvalue weighted by atomic mass is 9.88. The molecule has 0 amide bonds. The molecular formula is C13H19N3. The summed E-state index contributed by atoms with van der Waals surface area (Å²) in [6, 6.07) is 3.96. The smallest absolute Gasteiger partial charge is 0.0972 e. The minimum Gasteiger partial charge on any atom is -0.387 e. The van der Waals surface area contributed by atoms with Crippen molar-refractivity contribution in [2.75, 3.05) is 0 Å². The molecule has 0 spiro atoms. The summed E-state index contributed by atoms with van der Waals surface area (Å²) in [5, 5.41) is 0. The summed E-state index contributed by atoms with van der Waals surface area (Å²) in [7, 11) is 0. The van der Waals surface area contributed by atoms with E-state index < -0.39 is 0 Å². The molecule has 0 atom stereocenters. The van der Waals surface area contributed by atoms with Crippen LogP contribution in [0.25, 0.3) is 0 Å². The van der Waals surface area contributed by atoms with E-state index in [-0.39, 0.29) is 0 Å². The average Bonchev–Trinajstić information content (AvgIpc) is 2.38. The quantitative estimate of drug-likeness (QED) is 0.624. The van der Waals surface area contributed by atoms with Gasteiger partial charge in [0.05, 0.1) is 12.4 Å². The number of rotatable bonds is 3. The van der Waals surface area contributed by atoms with Crippen LogP contribution >= 0.6 is 0 Å². The third kappa shape index (κ3) is 3.05. The van der Waals surface area contributed by atoms with Gasteiger partial charge < -0.3 is 5.73 Å². The van der Waals surface area contributed by atoms with Gasteiger partial charge in [-0.25, -0.2) is 0 Å². The van der Waals surface area contributed by atoms with Gasteiger partial charge in [0.15, 0.2) is 0 Å². The molecule has 1 heterocycles. The van der Waals surface area contributed by atoms with Gasteiger partial charge in [0.1, 0.15) is 0 Å². The first-order valence-corrected chi connectivity index (χ1v) is 6.05. The maximum Gasteiger partial charge on any atom is 0.0972 e. The molecule has 0 saturated heterocycles. The highest BCUT2D eigenvalue weighted by Crippen LogP contribution is 2.23. The number of nitrogens with zero attached hydrogens (tertiary/aromatic N) is 2. The zero-order valence-corrected chi connectivity index (χ0v) is 9.60. The van der Waals surface area contributed by atoms with Crippen molar-refractivity contribution in [2.45, 2.75) is 38.6 Å². The molecule has 16 heavy (non-hydrogen) atoms. The molecule has 2 rings (SSSR count). The van der Waals surface area contributed by atoms with Gasteiger partial charge >= 0.3 is 0 Å².